The first-order valence-corrected chi connectivity index (χ1v) is 10.9. The predicted molar refractivity (Wildman–Crippen MR) is 102 cm³/mol. The quantitative estimate of drug-likeness (QED) is 0.675. The number of fused-ring (bicyclic) bond motifs is 5. The molecule has 0 aromatic carbocycles. The van der Waals surface area contributed by atoms with E-state index in [-0.39, 0.29) is 29.2 Å². The lowest BCUT2D eigenvalue weighted by Gasteiger charge is -2.60. The lowest BCUT2D eigenvalue weighted by Crippen LogP contribution is -2.57. The van der Waals surface area contributed by atoms with Gasteiger partial charge in [0.05, 0.1) is 0 Å². The molecule has 4 heteroatoms. The van der Waals surface area contributed by atoms with Crippen LogP contribution in [0.15, 0.2) is 0 Å². The minimum atomic E-state index is -0.425. The second-order valence-electron chi connectivity index (χ2n) is 10.3. The first-order chi connectivity index (χ1) is 12.7. The fourth-order valence-corrected chi connectivity index (χ4v) is 7.92. The van der Waals surface area contributed by atoms with E-state index in [9.17, 15) is 14.4 Å². The summed E-state index contributed by atoms with van der Waals surface area (Å²) in [5.41, 5.74) is -0.254. The van der Waals surface area contributed by atoms with Gasteiger partial charge in [-0.1, -0.05) is 13.8 Å². The van der Waals surface area contributed by atoms with Gasteiger partial charge in [-0.3, -0.25) is 14.4 Å². The van der Waals surface area contributed by atoms with Gasteiger partial charge in [0, 0.05) is 24.7 Å². The van der Waals surface area contributed by atoms with Crippen LogP contribution in [-0.2, 0) is 19.1 Å². The molecule has 4 aliphatic carbocycles. The standard InChI is InChI=1S/C23H34O4/c1-13(24)18-7-8-19-17-6-5-15-11-16(27-14(2)25)9-10-22(15,3)20(17)12-21(26)23(18,19)4/h15-20H,5-12H2,1-4H3/t15-,16+,17?,18-,19+,20?,22+,23-/m1/s1. The van der Waals surface area contributed by atoms with Gasteiger partial charge in [0.1, 0.15) is 17.7 Å². The van der Waals surface area contributed by atoms with Crippen LogP contribution in [0.1, 0.15) is 79.1 Å². The van der Waals surface area contributed by atoms with E-state index in [1.807, 2.05) is 0 Å². The van der Waals surface area contributed by atoms with Crippen molar-refractivity contribution in [1.82, 2.24) is 0 Å². The Kier molecular flexibility index (Phi) is 4.55. The second kappa shape index (κ2) is 6.42. The molecule has 0 amide bonds. The molecule has 0 N–H and O–H groups in total. The topological polar surface area (TPSA) is 60.4 Å². The fraction of sp³-hybridized carbons (Fsp3) is 0.870. The van der Waals surface area contributed by atoms with E-state index in [4.69, 9.17) is 4.74 Å². The summed E-state index contributed by atoms with van der Waals surface area (Å²) in [6.45, 7) is 7.66. The second-order valence-corrected chi connectivity index (χ2v) is 10.3. The molecule has 4 saturated carbocycles. The minimum Gasteiger partial charge on any atom is -0.463 e. The van der Waals surface area contributed by atoms with Crippen molar-refractivity contribution in [2.45, 2.75) is 85.2 Å². The first-order valence-electron chi connectivity index (χ1n) is 10.9. The molecule has 4 aliphatic rings. The summed E-state index contributed by atoms with van der Waals surface area (Å²) in [5.74, 6) is 2.22. The molecule has 0 aromatic rings. The van der Waals surface area contributed by atoms with Crippen LogP contribution >= 0.6 is 0 Å². The van der Waals surface area contributed by atoms with Crippen LogP contribution in [-0.4, -0.2) is 23.6 Å². The Bertz CT molecular complexity index is 669. The molecule has 2 unspecified atom stereocenters. The SMILES string of the molecule is CC(=O)O[C@H]1CC[C@]2(C)C3CC(=O)[C@]4(C)[C@@H](C(C)=O)CC[C@H]4C3CC[C@@H]2C1. The third-order valence-electron chi connectivity index (χ3n) is 9.30. The zero-order chi connectivity index (χ0) is 19.6. The highest BCUT2D eigenvalue weighted by Crippen LogP contribution is 2.66. The Morgan fingerprint density at radius 3 is 2.41 bits per heavy atom. The molecule has 4 fully saturated rings. The summed E-state index contributed by atoms with van der Waals surface area (Å²) in [6.07, 6.45) is 7.86. The first kappa shape index (κ1) is 19.1. The number of carbonyl (C=O) groups is 3. The van der Waals surface area contributed by atoms with Crippen LogP contribution in [0, 0.1) is 40.4 Å². The van der Waals surface area contributed by atoms with Gasteiger partial charge < -0.3 is 4.74 Å². The average molecular weight is 375 g/mol. The molecular formula is C23H34O4. The Morgan fingerprint density at radius 2 is 1.74 bits per heavy atom. The van der Waals surface area contributed by atoms with Gasteiger partial charge in [-0.05, 0) is 81.0 Å². The molecule has 0 bridgehead atoms. The Morgan fingerprint density at radius 1 is 1.00 bits per heavy atom. The van der Waals surface area contributed by atoms with E-state index in [1.54, 1.807) is 6.92 Å². The van der Waals surface area contributed by atoms with Crippen LogP contribution in [0.4, 0.5) is 0 Å². The number of esters is 1. The van der Waals surface area contributed by atoms with Gasteiger partial charge in [-0.25, -0.2) is 0 Å². The number of ether oxygens (including phenoxy) is 1. The van der Waals surface area contributed by atoms with Crippen LogP contribution < -0.4 is 0 Å². The van der Waals surface area contributed by atoms with E-state index in [2.05, 4.69) is 13.8 Å². The molecule has 4 nitrogen and oxygen atoms in total. The summed E-state index contributed by atoms with van der Waals surface area (Å²) in [5, 5.41) is 0. The predicted octanol–water partition coefficient (Wildman–Crippen LogP) is 4.35. The maximum absolute atomic E-state index is 13.4. The Labute approximate surface area is 162 Å². The average Bonchev–Trinajstić information content (AvgIpc) is 2.95. The third kappa shape index (κ3) is 2.73. The highest BCUT2D eigenvalue weighted by Gasteiger charge is 2.64. The molecule has 0 radical (unpaired) electrons. The zero-order valence-electron chi connectivity index (χ0n) is 17.3. The molecule has 27 heavy (non-hydrogen) atoms. The highest BCUT2D eigenvalue weighted by molar-refractivity contribution is 5.93. The van der Waals surface area contributed by atoms with Gasteiger partial charge in [-0.2, -0.15) is 0 Å². The monoisotopic (exact) mass is 374 g/mol. The van der Waals surface area contributed by atoms with Gasteiger partial charge >= 0.3 is 5.97 Å². The Hall–Kier alpha value is -1.19. The van der Waals surface area contributed by atoms with Crippen LogP contribution in [0.5, 0.6) is 0 Å². The third-order valence-corrected chi connectivity index (χ3v) is 9.30. The highest BCUT2D eigenvalue weighted by atomic mass is 16.5. The molecule has 0 spiro atoms. The molecule has 0 saturated heterocycles. The van der Waals surface area contributed by atoms with Crippen molar-refractivity contribution in [1.29, 1.82) is 0 Å². The fourth-order valence-electron chi connectivity index (χ4n) is 7.92. The number of Topliss-reactive ketones (excluding diaryl/α,β-unsaturated/α-hetero) is 2. The number of hydrogen-bond acceptors (Lipinski definition) is 4. The molecule has 150 valence electrons. The van der Waals surface area contributed by atoms with Crippen LogP contribution in [0.3, 0.4) is 0 Å². The van der Waals surface area contributed by atoms with Crippen LogP contribution in [0.25, 0.3) is 0 Å². The lowest BCUT2D eigenvalue weighted by atomic mass is 9.44. The van der Waals surface area contributed by atoms with Crippen molar-refractivity contribution < 1.29 is 19.1 Å². The molecule has 4 rings (SSSR count). The van der Waals surface area contributed by atoms with Gasteiger partial charge in [0.25, 0.3) is 0 Å². The van der Waals surface area contributed by atoms with E-state index in [1.165, 1.54) is 13.3 Å². The molecule has 0 aliphatic heterocycles. The molecular weight excluding hydrogens is 340 g/mol. The lowest BCUT2D eigenvalue weighted by molar-refractivity contribution is -0.167. The van der Waals surface area contributed by atoms with E-state index >= 15 is 0 Å². The van der Waals surface area contributed by atoms with Crippen molar-refractivity contribution >= 4 is 17.5 Å². The molecule has 8 atom stereocenters. The number of ketones is 2. The summed E-state index contributed by atoms with van der Waals surface area (Å²) >= 11 is 0. The summed E-state index contributed by atoms with van der Waals surface area (Å²) in [4.78, 5) is 37.0. The van der Waals surface area contributed by atoms with Crippen molar-refractivity contribution in [3.8, 4) is 0 Å². The minimum absolute atomic E-state index is 0.0512. The summed E-state index contributed by atoms with van der Waals surface area (Å²) in [7, 11) is 0. The molecule has 0 heterocycles. The van der Waals surface area contributed by atoms with Gasteiger partial charge in [-0.15, -0.1) is 0 Å². The number of hydrogen-bond donors (Lipinski definition) is 0. The van der Waals surface area contributed by atoms with E-state index in [0.29, 0.717) is 35.9 Å². The Balaban J connectivity index is 1.59. The smallest absolute Gasteiger partial charge is 0.302 e. The maximum atomic E-state index is 13.4. The van der Waals surface area contributed by atoms with Crippen molar-refractivity contribution in [2.75, 3.05) is 0 Å². The van der Waals surface area contributed by atoms with E-state index in [0.717, 1.165) is 38.5 Å². The zero-order valence-corrected chi connectivity index (χ0v) is 17.3. The number of rotatable bonds is 2. The molecule has 0 aromatic heterocycles. The van der Waals surface area contributed by atoms with Gasteiger partial charge in [0.2, 0.25) is 0 Å². The number of carbonyl (C=O) groups excluding carboxylic acids is 3. The summed E-state index contributed by atoms with van der Waals surface area (Å²) < 4.78 is 5.52. The maximum Gasteiger partial charge on any atom is 0.302 e. The van der Waals surface area contributed by atoms with Crippen LogP contribution in [0.2, 0.25) is 0 Å². The largest absolute Gasteiger partial charge is 0.463 e. The normalized spacial score (nSPS) is 49.0. The van der Waals surface area contributed by atoms with Crippen molar-refractivity contribution in [3.63, 3.8) is 0 Å². The summed E-state index contributed by atoms with van der Waals surface area (Å²) in [6, 6.07) is 0. The van der Waals surface area contributed by atoms with Crippen molar-refractivity contribution in [3.05, 3.63) is 0 Å². The van der Waals surface area contributed by atoms with E-state index < -0.39 is 5.41 Å². The van der Waals surface area contributed by atoms with Gasteiger partial charge in [0.15, 0.2) is 0 Å². The van der Waals surface area contributed by atoms with Crippen molar-refractivity contribution in [2.24, 2.45) is 40.4 Å².